The normalized spacial score (nSPS) is 22.5. The summed E-state index contributed by atoms with van der Waals surface area (Å²) in [6, 6.07) is 12.1. The van der Waals surface area contributed by atoms with Gasteiger partial charge in [0.05, 0.1) is 5.92 Å². The molecule has 2 heterocycles. The number of carbonyl (C=O) groups is 2. The molecule has 2 aliphatic carbocycles. The van der Waals surface area contributed by atoms with Crippen molar-refractivity contribution in [3.8, 4) is 0 Å². The topological polar surface area (TPSA) is 65.5 Å². The van der Waals surface area contributed by atoms with Gasteiger partial charge in [0.2, 0.25) is 5.91 Å². The van der Waals surface area contributed by atoms with Gasteiger partial charge in [-0.3, -0.25) is 19.4 Å². The Morgan fingerprint density at radius 1 is 1.07 bits per heavy atom. The zero-order valence-corrected chi connectivity index (χ0v) is 16.5. The van der Waals surface area contributed by atoms with E-state index >= 15 is 0 Å². The second-order valence-electron chi connectivity index (χ2n) is 8.35. The number of nitrogens with one attached hydrogen (secondary N) is 1. The average Bonchev–Trinajstić information content (AvgIpc) is 3.54. The highest BCUT2D eigenvalue weighted by molar-refractivity contribution is 6.09. The molecular formula is C23H26N4O2. The highest BCUT2D eigenvalue weighted by atomic mass is 16.2. The standard InChI is InChI=1S/C23H26N4O2/c28-21-13-20(18-3-1-2-4-19(18)21)23(29)25-22-8-5-16(14-24-22)15-26-9-11-27(12-10-26)17-6-7-17/h1-5,8,14,17,20H,6-7,9-13,15H2,(H,24,25,29). The summed E-state index contributed by atoms with van der Waals surface area (Å²) in [6.45, 7) is 5.42. The first kappa shape index (κ1) is 18.5. The number of nitrogens with zero attached hydrogens (tertiary/aromatic N) is 3. The lowest BCUT2D eigenvalue weighted by molar-refractivity contribution is -0.117. The second kappa shape index (κ2) is 7.69. The number of benzene rings is 1. The molecule has 1 aromatic heterocycles. The summed E-state index contributed by atoms with van der Waals surface area (Å²) in [6.07, 6.45) is 4.82. The number of pyridine rings is 1. The highest BCUT2D eigenvalue weighted by Crippen LogP contribution is 2.33. The number of piperazine rings is 1. The molecule has 2 aromatic rings. The van der Waals surface area contributed by atoms with Crippen molar-refractivity contribution in [2.24, 2.45) is 0 Å². The van der Waals surface area contributed by atoms with Gasteiger partial charge in [0.25, 0.3) is 0 Å². The van der Waals surface area contributed by atoms with Gasteiger partial charge in [-0.2, -0.15) is 0 Å². The van der Waals surface area contributed by atoms with Crippen molar-refractivity contribution in [3.05, 3.63) is 59.3 Å². The lowest BCUT2D eigenvalue weighted by Gasteiger charge is -2.34. The molecule has 0 radical (unpaired) electrons. The van der Waals surface area contributed by atoms with Gasteiger partial charge in [-0.15, -0.1) is 0 Å². The fraction of sp³-hybridized carbons (Fsp3) is 0.435. The van der Waals surface area contributed by atoms with Gasteiger partial charge >= 0.3 is 0 Å². The maximum absolute atomic E-state index is 12.7. The first-order chi connectivity index (χ1) is 14.2. The first-order valence-corrected chi connectivity index (χ1v) is 10.5. The molecule has 1 N–H and O–H groups in total. The molecule has 29 heavy (non-hydrogen) atoms. The number of Topliss-reactive ketones (excluding diaryl/α,β-unsaturated/α-hetero) is 1. The van der Waals surface area contributed by atoms with E-state index < -0.39 is 5.92 Å². The predicted molar refractivity (Wildman–Crippen MR) is 111 cm³/mol. The van der Waals surface area contributed by atoms with Crippen molar-refractivity contribution in [2.45, 2.75) is 37.8 Å². The average molecular weight is 390 g/mol. The van der Waals surface area contributed by atoms with Crippen LogP contribution in [0, 0.1) is 0 Å². The van der Waals surface area contributed by atoms with Crippen LogP contribution in [0.3, 0.4) is 0 Å². The molecule has 3 aliphatic rings. The Balaban J connectivity index is 1.17. The highest BCUT2D eigenvalue weighted by Gasteiger charge is 2.34. The van der Waals surface area contributed by atoms with Crippen molar-refractivity contribution in [1.82, 2.24) is 14.8 Å². The molecule has 1 atom stereocenters. The lowest BCUT2D eigenvalue weighted by Crippen LogP contribution is -2.46. The number of ketones is 1. The molecule has 1 saturated carbocycles. The smallest absolute Gasteiger partial charge is 0.233 e. The van der Waals surface area contributed by atoms with Gasteiger partial charge in [0, 0.05) is 56.9 Å². The summed E-state index contributed by atoms with van der Waals surface area (Å²) in [7, 11) is 0. The minimum absolute atomic E-state index is 0.0332. The maximum atomic E-state index is 12.7. The number of aromatic nitrogens is 1. The van der Waals surface area contributed by atoms with Crippen molar-refractivity contribution < 1.29 is 9.59 Å². The summed E-state index contributed by atoms with van der Waals surface area (Å²) < 4.78 is 0. The Kier molecular flexibility index (Phi) is 4.89. The van der Waals surface area contributed by atoms with Crippen LogP contribution in [0.25, 0.3) is 0 Å². The van der Waals surface area contributed by atoms with Crippen LogP contribution in [-0.4, -0.2) is 58.7 Å². The molecule has 1 aromatic carbocycles. The van der Waals surface area contributed by atoms with E-state index in [2.05, 4.69) is 20.1 Å². The van der Waals surface area contributed by atoms with Crippen LogP contribution < -0.4 is 5.32 Å². The molecule has 1 aliphatic heterocycles. The van der Waals surface area contributed by atoms with Gasteiger partial charge in [-0.1, -0.05) is 30.3 Å². The molecule has 150 valence electrons. The fourth-order valence-corrected chi connectivity index (χ4v) is 4.48. The molecule has 5 rings (SSSR count). The van der Waals surface area contributed by atoms with Crippen LogP contribution in [0.2, 0.25) is 0 Å². The minimum Gasteiger partial charge on any atom is -0.310 e. The summed E-state index contributed by atoms with van der Waals surface area (Å²) in [5.41, 5.74) is 2.64. The Morgan fingerprint density at radius 3 is 2.59 bits per heavy atom. The van der Waals surface area contributed by atoms with Gasteiger partial charge in [0.1, 0.15) is 5.82 Å². The molecular weight excluding hydrogens is 364 g/mol. The Labute approximate surface area is 170 Å². The lowest BCUT2D eigenvalue weighted by atomic mass is 10.0. The molecule has 1 saturated heterocycles. The van der Waals surface area contributed by atoms with E-state index in [0.717, 1.165) is 49.9 Å². The molecule has 1 amide bonds. The molecule has 6 nitrogen and oxygen atoms in total. The molecule has 1 unspecified atom stereocenters. The van der Waals surface area contributed by atoms with Crippen molar-refractivity contribution in [2.75, 3.05) is 31.5 Å². The molecule has 6 heteroatoms. The third kappa shape index (κ3) is 3.95. The Bertz CT molecular complexity index is 915. The largest absolute Gasteiger partial charge is 0.310 e. The molecule has 2 fully saturated rings. The number of carbonyl (C=O) groups excluding carboxylic acids is 2. The van der Waals surface area contributed by atoms with Crippen molar-refractivity contribution in [1.29, 1.82) is 0 Å². The third-order valence-electron chi connectivity index (χ3n) is 6.29. The van der Waals surface area contributed by atoms with E-state index in [1.54, 1.807) is 6.07 Å². The number of rotatable bonds is 5. The van der Waals surface area contributed by atoms with E-state index in [1.165, 1.54) is 12.8 Å². The van der Waals surface area contributed by atoms with Crippen LogP contribution in [0.15, 0.2) is 42.6 Å². The van der Waals surface area contributed by atoms with E-state index in [1.807, 2.05) is 36.5 Å². The number of amides is 1. The zero-order valence-electron chi connectivity index (χ0n) is 16.5. The minimum atomic E-state index is -0.428. The van der Waals surface area contributed by atoms with Gasteiger partial charge in [0.15, 0.2) is 5.78 Å². The monoisotopic (exact) mass is 390 g/mol. The second-order valence-corrected chi connectivity index (χ2v) is 8.35. The number of fused-ring (bicyclic) bond motifs is 1. The fourth-order valence-electron chi connectivity index (χ4n) is 4.48. The van der Waals surface area contributed by atoms with Crippen LogP contribution in [0.1, 0.15) is 46.7 Å². The number of hydrogen-bond acceptors (Lipinski definition) is 5. The third-order valence-corrected chi connectivity index (χ3v) is 6.29. The molecule has 0 spiro atoms. The van der Waals surface area contributed by atoms with Crippen LogP contribution in [0.4, 0.5) is 5.82 Å². The molecule has 0 bridgehead atoms. The van der Waals surface area contributed by atoms with E-state index in [4.69, 9.17) is 0 Å². The Morgan fingerprint density at radius 2 is 1.86 bits per heavy atom. The number of hydrogen-bond donors (Lipinski definition) is 1. The predicted octanol–water partition coefficient (Wildman–Crippen LogP) is 2.67. The van der Waals surface area contributed by atoms with Crippen molar-refractivity contribution >= 4 is 17.5 Å². The first-order valence-electron chi connectivity index (χ1n) is 10.5. The summed E-state index contributed by atoms with van der Waals surface area (Å²) >= 11 is 0. The summed E-state index contributed by atoms with van der Waals surface area (Å²) in [5.74, 6) is -0.0253. The van der Waals surface area contributed by atoms with E-state index in [-0.39, 0.29) is 18.1 Å². The van der Waals surface area contributed by atoms with Gasteiger partial charge < -0.3 is 5.32 Å². The zero-order chi connectivity index (χ0) is 19.8. The summed E-state index contributed by atoms with van der Waals surface area (Å²) in [5, 5.41) is 2.88. The maximum Gasteiger partial charge on any atom is 0.233 e. The summed E-state index contributed by atoms with van der Waals surface area (Å²) in [4.78, 5) is 34.3. The van der Waals surface area contributed by atoms with Crippen LogP contribution >= 0.6 is 0 Å². The van der Waals surface area contributed by atoms with E-state index in [9.17, 15) is 9.59 Å². The van der Waals surface area contributed by atoms with Gasteiger partial charge in [-0.25, -0.2) is 4.98 Å². The van der Waals surface area contributed by atoms with Crippen molar-refractivity contribution in [3.63, 3.8) is 0 Å². The quantitative estimate of drug-likeness (QED) is 0.850. The van der Waals surface area contributed by atoms with E-state index in [0.29, 0.717) is 11.4 Å². The Hall–Kier alpha value is -2.57. The SMILES string of the molecule is O=C1CC(C(=O)Nc2ccc(CN3CCN(C4CC4)CC3)cn2)c2ccccc21. The van der Waals surface area contributed by atoms with Crippen LogP contribution in [0.5, 0.6) is 0 Å². The van der Waals surface area contributed by atoms with Crippen LogP contribution in [-0.2, 0) is 11.3 Å². The van der Waals surface area contributed by atoms with Gasteiger partial charge in [-0.05, 0) is 30.0 Å². The number of anilines is 1.